The third kappa shape index (κ3) is 2.64. The quantitative estimate of drug-likeness (QED) is 0.871. The van der Waals surface area contributed by atoms with E-state index in [9.17, 15) is 14.7 Å². The number of rotatable bonds is 2. The largest absolute Gasteiger partial charge is 0.479 e. The predicted octanol–water partition coefficient (Wildman–Crippen LogP) is 1.70. The van der Waals surface area contributed by atoms with Gasteiger partial charge < -0.3 is 15.1 Å². The van der Waals surface area contributed by atoms with Crippen molar-refractivity contribution >= 4 is 23.5 Å². The topological polar surface area (TPSA) is 77.8 Å². The van der Waals surface area contributed by atoms with E-state index < -0.39 is 11.6 Å². The molecule has 2 rings (SSSR count). The second-order valence-electron chi connectivity index (χ2n) is 5.04. The van der Waals surface area contributed by atoms with Crippen molar-refractivity contribution in [1.29, 1.82) is 0 Å². The molecule has 0 unspecified atom stereocenters. The highest BCUT2D eigenvalue weighted by Gasteiger charge is 2.40. The number of carboxylic acid groups (broad SMARTS) is 1. The zero-order chi connectivity index (χ0) is 14.9. The van der Waals surface area contributed by atoms with Crippen molar-refractivity contribution in [3.63, 3.8) is 0 Å². The first-order valence-corrected chi connectivity index (χ1v) is 6.73. The van der Waals surface area contributed by atoms with Crippen LogP contribution in [0.1, 0.15) is 28.8 Å². The number of likely N-dealkylation sites (tertiary alicyclic amines) is 1. The second-order valence-corrected chi connectivity index (χ2v) is 5.45. The Morgan fingerprint density at radius 2 is 1.90 bits per heavy atom. The van der Waals surface area contributed by atoms with Crippen molar-refractivity contribution < 1.29 is 19.8 Å². The van der Waals surface area contributed by atoms with E-state index in [1.54, 1.807) is 30.0 Å². The number of hydrogen-bond donors (Lipinski definition) is 2. The summed E-state index contributed by atoms with van der Waals surface area (Å²) >= 11 is 6.00. The van der Waals surface area contributed by atoms with Crippen LogP contribution in [0.25, 0.3) is 0 Å². The summed E-state index contributed by atoms with van der Waals surface area (Å²) in [7, 11) is 0. The van der Waals surface area contributed by atoms with Gasteiger partial charge in [-0.15, -0.1) is 0 Å². The first kappa shape index (κ1) is 14.8. The van der Waals surface area contributed by atoms with Crippen LogP contribution in [0.4, 0.5) is 0 Å². The van der Waals surface area contributed by atoms with Gasteiger partial charge >= 0.3 is 5.97 Å². The van der Waals surface area contributed by atoms with Gasteiger partial charge in [0.1, 0.15) is 0 Å². The van der Waals surface area contributed by atoms with E-state index in [2.05, 4.69) is 0 Å². The minimum absolute atomic E-state index is 0.0354. The average molecular weight is 298 g/mol. The smallest absolute Gasteiger partial charge is 0.335 e. The molecule has 1 aliphatic rings. The maximum atomic E-state index is 12.4. The van der Waals surface area contributed by atoms with Crippen molar-refractivity contribution in [2.24, 2.45) is 0 Å². The normalized spacial score (nSPS) is 17.9. The minimum Gasteiger partial charge on any atom is -0.479 e. The molecule has 0 spiro atoms. The number of hydrogen-bond acceptors (Lipinski definition) is 3. The lowest BCUT2D eigenvalue weighted by Gasteiger charge is -2.35. The highest BCUT2D eigenvalue weighted by molar-refractivity contribution is 6.31. The van der Waals surface area contributed by atoms with Crippen LogP contribution < -0.4 is 0 Å². The Balaban J connectivity index is 2.13. The molecule has 0 radical (unpaired) electrons. The molecule has 5 nitrogen and oxygen atoms in total. The van der Waals surface area contributed by atoms with Gasteiger partial charge in [0.05, 0.1) is 0 Å². The van der Waals surface area contributed by atoms with E-state index in [1.165, 1.54) is 0 Å². The molecule has 6 heteroatoms. The molecular weight excluding hydrogens is 282 g/mol. The molecule has 2 N–H and O–H groups in total. The van der Waals surface area contributed by atoms with Crippen LogP contribution in [0, 0.1) is 6.92 Å². The van der Waals surface area contributed by atoms with Crippen LogP contribution in [0.2, 0.25) is 5.02 Å². The summed E-state index contributed by atoms with van der Waals surface area (Å²) in [5, 5.41) is 19.3. The maximum Gasteiger partial charge on any atom is 0.335 e. The predicted molar refractivity (Wildman–Crippen MR) is 73.9 cm³/mol. The zero-order valence-electron chi connectivity index (χ0n) is 11.1. The van der Waals surface area contributed by atoms with Crippen molar-refractivity contribution in [3.05, 3.63) is 34.3 Å². The molecule has 0 atom stereocenters. The number of carboxylic acids is 1. The minimum atomic E-state index is -1.72. The highest BCUT2D eigenvalue weighted by Crippen LogP contribution is 2.25. The van der Waals surface area contributed by atoms with E-state index in [4.69, 9.17) is 16.7 Å². The molecule has 0 bridgehead atoms. The lowest BCUT2D eigenvalue weighted by atomic mass is 9.91. The molecular formula is C14H16ClNO4. The Morgan fingerprint density at radius 1 is 1.30 bits per heavy atom. The molecule has 0 aromatic heterocycles. The first-order valence-electron chi connectivity index (χ1n) is 6.35. The van der Waals surface area contributed by atoms with Crippen molar-refractivity contribution in [1.82, 2.24) is 4.90 Å². The number of nitrogens with zero attached hydrogens (tertiary/aromatic N) is 1. The van der Waals surface area contributed by atoms with Crippen molar-refractivity contribution in [3.8, 4) is 0 Å². The van der Waals surface area contributed by atoms with Crippen LogP contribution in [-0.2, 0) is 4.79 Å². The van der Waals surface area contributed by atoms with E-state index in [1.807, 2.05) is 0 Å². The summed E-state index contributed by atoms with van der Waals surface area (Å²) in [5.74, 6) is -1.42. The Labute approximate surface area is 121 Å². The SMILES string of the molecule is Cc1c(Cl)cccc1C(=O)N1CCC(O)(C(=O)O)CC1. The molecule has 0 aliphatic carbocycles. The van der Waals surface area contributed by atoms with Gasteiger partial charge in [-0.25, -0.2) is 4.79 Å². The molecule has 1 heterocycles. The number of aliphatic carboxylic acids is 1. The Morgan fingerprint density at radius 3 is 2.45 bits per heavy atom. The summed E-state index contributed by atoms with van der Waals surface area (Å²) in [4.78, 5) is 24.9. The molecule has 1 aromatic carbocycles. The van der Waals surface area contributed by atoms with Crippen molar-refractivity contribution in [2.75, 3.05) is 13.1 Å². The third-order valence-electron chi connectivity index (χ3n) is 3.77. The Hall–Kier alpha value is -1.59. The van der Waals surface area contributed by atoms with Crippen LogP contribution >= 0.6 is 11.6 Å². The van der Waals surface area contributed by atoms with Gasteiger partial charge in [0.25, 0.3) is 5.91 Å². The summed E-state index contributed by atoms with van der Waals surface area (Å²) in [6.45, 7) is 2.20. The Bertz CT molecular complexity index is 550. The average Bonchev–Trinajstić information content (AvgIpc) is 2.42. The van der Waals surface area contributed by atoms with E-state index >= 15 is 0 Å². The fourth-order valence-electron chi connectivity index (χ4n) is 2.30. The zero-order valence-corrected chi connectivity index (χ0v) is 11.9. The van der Waals surface area contributed by atoms with Crippen LogP contribution in [0.3, 0.4) is 0 Å². The van der Waals surface area contributed by atoms with Gasteiger partial charge in [0.15, 0.2) is 5.60 Å². The lowest BCUT2D eigenvalue weighted by Crippen LogP contribution is -2.50. The molecule has 1 aromatic rings. The molecule has 20 heavy (non-hydrogen) atoms. The van der Waals surface area contributed by atoms with Gasteiger partial charge in [-0.05, 0) is 24.6 Å². The van der Waals surface area contributed by atoms with Gasteiger partial charge in [0.2, 0.25) is 0 Å². The molecule has 1 fully saturated rings. The fraction of sp³-hybridized carbons (Fsp3) is 0.429. The monoisotopic (exact) mass is 297 g/mol. The first-order chi connectivity index (χ1) is 9.35. The van der Waals surface area contributed by atoms with Gasteiger partial charge in [-0.3, -0.25) is 4.79 Å². The number of carbonyl (C=O) groups excluding carboxylic acids is 1. The molecule has 108 valence electrons. The Kier molecular flexibility index (Phi) is 4.01. The molecule has 1 amide bonds. The summed E-state index contributed by atoms with van der Waals surface area (Å²) in [6.07, 6.45) is 0.0708. The molecule has 1 saturated heterocycles. The van der Waals surface area contributed by atoms with Gasteiger partial charge in [-0.2, -0.15) is 0 Å². The van der Waals surface area contributed by atoms with E-state index in [-0.39, 0.29) is 31.8 Å². The standard InChI is InChI=1S/C14H16ClNO4/c1-9-10(3-2-4-11(9)15)12(17)16-7-5-14(20,6-8-16)13(18)19/h2-4,20H,5-8H2,1H3,(H,18,19). The van der Waals surface area contributed by atoms with Crippen LogP contribution in [-0.4, -0.2) is 45.7 Å². The highest BCUT2D eigenvalue weighted by atomic mass is 35.5. The summed E-state index contributed by atoms with van der Waals surface area (Å²) in [5.41, 5.74) is -0.503. The number of carbonyl (C=O) groups is 2. The second kappa shape index (κ2) is 5.42. The third-order valence-corrected chi connectivity index (χ3v) is 4.18. The number of benzene rings is 1. The maximum absolute atomic E-state index is 12.4. The number of piperidine rings is 1. The number of amides is 1. The summed E-state index contributed by atoms with van der Waals surface area (Å²) in [6, 6.07) is 5.12. The number of aliphatic hydroxyl groups is 1. The van der Waals surface area contributed by atoms with Crippen LogP contribution in [0.5, 0.6) is 0 Å². The van der Waals surface area contributed by atoms with E-state index in [0.717, 1.165) is 0 Å². The number of halogens is 1. The fourth-order valence-corrected chi connectivity index (χ4v) is 2.48. The van der Waals surface area contributed by atoms with Gasteiger partial charge in [0, 0.05) is 36.5 Å². The molecule has 1 aliphatic heterocycles. The van der Waals surface area contributed by atoms with Crippen molar-refractivity contribution in [2.45, 2.75) is 25.4 Å². The van der Waals surface area contributed by atoms with Gasteiger partial charge in [-0.1, -0.05) is 17.7 Å². The van der Waals surface area contributed by atoms with Crippen LogP contribution in [0.15, 0.2) is 18.2 Å². The summed E-state index contributed by atoms with van der Waals surface area (Å²) < 4.78 is 0. The molecule has 0 saturated carbocycles. The van der Waals surface area contributed by atoms with E-state index in [0.29, 0.717) is 16.1 Å². The lowest BCUT2D eigenvalue weighted by molar-refractivity contribution is -0.162.